The number of aliphatic carboxylic acids is 1. The molecule has 1 aliphatic heterocycles. The highest BCUT2D eigenvalue weighted by Gasteiger charge is 2.53. The first-order valence-electron chi connectivity index (χ1n) is 6.01. The molecule has 86 valence electrons. The minimum Gasteiger partial charge on any atom is -0.481 e. The molecule has 1 saturated carbocycles. The van der Waals surface area contributed by atoms with E-state index < -0.39 is 5.97 Å². The molecule has 1 N–H and O–H groups in total. The molecular weight excluding hydrogens is 192 g/mol. The predicted molar refractivity (Wildman–Crippen MR) is 56.6 cm³/mol. The lowest BCUT2D eigenvalue weighted by Crippen LogP contribution is -2.55. The van der Waals surface area contributed by atoms with Gasteiger partial charge in [0.25, 0.3) is 0 Å². The van der Waals surface area contributed by atoms with E-state index in [9.17, 15) is 9.90 Å². The Balaban J connectivity index is 2.15. The maximum absolute atomic E-state index is 11.3. The van der Waals surface area contributed by atoms with Crippen LogP contribution in [0.4, 0.5) is 0 Å². The maximum Gasteiger partial charge on any atom is 0.307 e. The monoisotopic (exact) mass is 212 g/mol. The molecule has 1 atom stereocenters. The lowest BCUT2D eigenvalue weighted by molar-refractivity contribution is -0.193. The molecule has 2 fully saturated rings. The van der Waals surface area contributed by atoms with Gasteiger partial charge in [-0.2, -0.15) is 0 Å². The Morgan fingerprint density at radius 2 is 2.07 bits per heavy atom. The SMILES string of the molecule is CCC(C(=O)O)C1(C2CCCC2)COC1. The summed E-state index contributed by atoms with van der Waals surface area (Å²) in [5, 5.41) is 9.28. The van der Waals surface area contributed by atoms with Gasteiger partial charge in [-0.15, -0.1) is 0 Å². The van der Waals surface area contributed by atoms with Gasteiger partial charge < -0.3 is 9.84 Å². The van der Waals surface area contributed by atoms with Crippen LogP contribution in [0.1, 0.15) is 39.0 Å². The Morgan fingerprint density at radius 1 is 1.47 bits per heavy atom. The molecule has 0 aromatic carbocycles. The van der Waals surface area contributed by atoms with Gasteiger partial charge in [-0.3, -0.25) is 4.79 Å². The zero-order valence-electron chi connectivity index (χ0n) is 9.37. The standard InChI is InChI=1S/C12H20O3/c1-2-10(11(13)14)12(7-15-8-12)9-5-3-4-6-9/h9-10H,2-8H2,1H3,(H,13,14). The third-order valence-corrected chi connectivity index (χ3v) is 4.31. The maximum atomic E-state index is 11.3. The molecule has 2 aliphatic rings. The summed E-state index contributed by atoms with van der Waals surface area (Å²) in [5.41, 5.74) is -0.0307. The molecule has 1 saturated heterocycles. The van der Waals surface area contributed by atoms with E-state index in [4.69, 9.17) is 4.74 Å². The molecule has 0 aromatic heterocycles. The lowest BCUT2D eigenvalue weighted by Gasteiger charge is -2.49. The van der Waals surface area contributed by atoms with Gasteiger partial charge in [0.15, 0.2) is 0 Å². The molecule has 3 nitrogen and oxygen atoms in total. The summed E-state index contributed by atoms with van der Waals surface area (Å²) >= 11 is 0. The summed E-state index contributed by atoms with van der Waals surface area (Å²) in [6.07, 6.45) is 5.67. The molecule has 1 unspecified atom stereocenters. The van der Waals surface area contributed by atoms with Gasteiger partial charge in [0.1, 0.15) is 0 Å². The fourth-order valence-electron chi connectivity index (χ4n) is 3.39. The van der Waals surface area contributed by atoms with Crippen molar-refractivity contribution in [2.45, 2.75) is 39.0 Å². The summed E-state index contributed by atoms with van der Waals surface area (Å²) < 4.78 is 5.32. The second-order valence-electron chi connectivity index (χ2n) is 5.01. The van der Waals surface area contributed by atoms with Crippen molar-refractivity contribution in [1.82, 2.24) is 0 Å². The largest absolute Gasteiger partial charge is 0.481 e. The van der Waals surface area contributed by atoms with Gasteiger partial charge >= 0.3 is 5.97 Å². The van der Waals surface area contributed by atoms with Crippen molar-refractivity contribution in [3.05, 3.63) is 0 Å². The first-order valence-corrected chi connectivity index (χ1v) is 6.01. The number of rotatable bonds is 4. The smallest absolute Gasteiger partial charge is 0.307 e. The second-order valence-corrected chi connectivity index (χ2v) is 5.01. The van der Waals surface area contributed by atoms with Gasteiger partial charge in [-0.05, 0) is 25.2 Å². The van der Waals surface area contributed by atoms with Crippen molar-refractivity contribution >= 4 is 5.97 Å². The third-order valence-electron chi connectivity index (χ3n) is 4.31. The van der Waals surface area contributed by atoms with Crippen molar-refractivity contribution in [1.29, 1.82) is 0 Å². The van der Waals surface area contributed by atoms with Crippen LogP contribution in [0.5, 0.6) is 0 Å². The zero-order chi connectivity index (χ0) is 10.9. The molecule has 0 aromatic rings. The summed E-state index contributed by atoms with van der Waals surface area (Å²) in [7, 11) is 0. The number of hydrogen-bond acceptors (Lipinski definition) is 2. The van der Waals surface area contributed by atoms with Gasteiger partial charge in [0, 0.05) is 5.41 Å². The zero-order valence-corrected chi connectivity index (χ0v) is 9.37. The van der Waals surface area contributed by atoms with Crippen molar-refractivity contribution < 1.29 is 14.6 Å². The number of carboxylic acids is 1. The molecule has 0 bridgehead atoms. The van der Waals surface area contributed by atoms with E-state index >= 15 is 0 Å². The van der Waals surface area contributed by atoms with Gasteiger partial charge in [0.2, 0.25) is 0 Å². The van der Waals surface area contributed by atoms with E-state index in [1.165, 1.54) is 25.7 Å². The van der Waals surface area contributed by atoms with Crippen molar-refractivity contribution in [3.8, 4) is 0 Å². The number of carbonyl (C=O) groups is 1. The Bertz CT molecular complexity index is 239. The average Bonchev–Trinajstić information content (AvgIpc) is 2.62. The highest BCUT2D eigenvalue weighted by Crippen LogP contribution is 2.50. The summed E-state index contributed by atoms with van der Waals surface area (Å²) in [5.74, 6) is -0.241. The topological polar surface area (TPSA) is 46.5 Å². The van der Waals surface area contributed by atoms with E-state index in [1.54, 1.807) is 0 Å². The Labute approximate surface area is 90.8 Å². The summed E-state index contributed by atoms with van der Waals surface area (Å²) in [6.45, 7) is 3.32. The van der Waals surface area contributed by atoms with Crippen LogP contribution in [0.3, 0.4) is 0 Å². The Hall–Kier alpha value is -0.570. The Kier molecular flexibility index (Phi) is 3.01. The molecule has 2 rings (SSSR count). The van der Waals surface area contributed by atoms with Crippen LogP contribution in [-0.4, -0.2) is 24.3 Å². The first-order chi connectivity index (χ1) is 7.20. The van der Waals surface area contributed by atoms with Crippen LogP contribution in [-0.2, 0) is 9.53 Å². The van der Waals surface area contributed by atoms with Gasteiger partial charge in [0.05, 0.1) is 19.1 Å². The summed E-state index contributed by atoms with van der Waals surface area (Å²) in [4.78, 5) is 11.3. The van der Waals surface area contributed by atoms with E-state index in [1.807, 2.05) is 6.92 Å². The molecular formula is C12H20O3. The normalized spacial score (nSPS) is 27.3. The van der Waals surface area contributed by atoms with Crippen LogP contribution < -0.4 is 0 Å². The van der Waals surface area contributed by atoms with Gasteiger partial charge in [-0.1, -0.05) is 19.8 Å². The summed E-state index contributed by atoms with van der Waals surface area (Å²) in [6, 6.07) is 0. The quantitative estimate of drug-likeness (QED) is 0.777. The van der Waals surface area contributed by atoms with Crippen LogP contribution >= 0.6 is 0 Å². The first kappa shape index (κ1) is 10.9. The third kappa shape index (κ3) is 1.67. The fraction of sp³-hybridized carbons (Fsp3) is 0.917. The molecule has 15 heavy (non-hydrogen) atoms. The van der Waals surface area contributed by atoms with Crippen molar-refractivity contribution in [3.63, 3.8) is 0 Å². The predicted octanol–water partition coefficient (Wildman–Crippen LogP) is 2.30. The van der Waals surface area contributed by atoms with Crippen LogP contribution in [0.25, 0.3) is 0 Å². The molecule has 0 spiro atoms. The lowest BCUT2D eigenvalue weighted by atomic mass is 9.63. The van der Waals surface area contributed by atoms with Crippen LogP contribution in [0.2, 0.25) is 0 Å². The van der Waals surface area contributed by atoms with Crippen molar-refractivity contribution in [2.24, 2.45) is 17.3 Å². The molecule has 0 amide bonds. The molecule has 1 aliphatic carbocycles. The van der Waals surface area contributed by atoms with Crippen LogP contribution in [0.15, 0.2) is 0 Å². The van der Waals surface area contributed by atoms with E-state index in [2.05, 4.69) is 0 Å². The fourth-order valence-corrected chi connectivity index (χ4v) is 3.39. The highest BCUT2D eigenvalue weighted by molar-refractivity contribution is 5.71. The minimum absolute atomic E-state index is 0.0307. The van der Waals surface area contributed by atoms with Crippen molar-refractivity contribution in [2.75, 3.05) is 13.2 Å². The van der Waals surface area contributed by atoms with Crippen LogP contribution in [0, 0.1) is 17.3 Å². The molecule has 1 heterocycles. The van der Waals surface area contributed by atoms with E-state index in [-0.39, 0.29) is 11.3 Å². The second kappa shape index (κ2) is 4.12. The highest BCUT2D eigenvalue weighted by atomic mass is 16.5. The number of ether oxygens (including phenoxy) is 1. The number of hydrogen-bond donors (Lipinski definition) is 1. The molecule has 3 heteroatoms. The minimum atomic E-state index is -0.632. The average molecular weight is 212 g/mol. The Morgan fingerprint density at radius 3 is 2.40 bits per heavy atom. The van der Waals surface area contributed by atoms with Gasteiger partial charge in [-0.25, -0.2) is 0 Å². The van der Waals surface area contributed by atoms with E-state index in [0.29, 0.717) is 19.1 Å². The van der Waals surface area contributed by atoms with E-state index in [0.717, 1.165) is 6.42 Å². The molecule has 0 radical (unpaired) electrons. The number of carboxylic acid groups (broad SMARTS) is 1.